The second-order valence-electron chi connectivity index (χ2n) is 3.65. The monoisotopic (exact) mass is 225 g/mol. The Balaban J connectivity index is 2.21. The smallest absolute Gasteiger partial charge is 0.0889 e. The third-order valence-corrected chi connectivity index (χ3v) is 1.91. The lowest BCUT2D eigenvalue weighted by atomic mass is 10.3. The molecule has 0 aliphatic rings. The van der Waals surface area contributed by atoms with Gasteiger partial charge < -0.3 is 14.9 Å². The molecule has 1 aromatic rings. The summed E-state index contributed by atoms with van der Waals surface area (Å²) in [5, 5.41) is 0. The molecule has 16 heavy (non-hydrogen) atoms. The zero-order chi connectivity index (χ0) is 11.8. The molecular formula is C11H19N3O2. The van der Waals surface area contributed by atoms with Gasteiger partial charge in [0.15, 0.2) is 0 Å². The molecule has 0 spiro atoms. The molecule has 0 amide bonds. The molecule has 0 bridgehead atoms. The van der Waals surface area contributed by atoms with Gasteiger partial charge in [-0.3, -0.25) is 10.8 Å². The molecule has 3 N–H and O–H groups in total. The Morgan fingerprint density at radius 1 is 1.44 bits per heavy atom. The summed E-state index contributed by atoms with van der Waals surface area (Å²) in [7, 11) is 0. The maximum atomic E-state index is 5.41. The molecule has 0 aromatic carbocycles. The van der Waals surface area contributed by atoms with Crippen LogP contribution in [-0.2, 0) is 16.1 Å². The van der Waals surface area contributed by atoms with E-state index in [1.165, 1.54) is 0 Å². The van der Waals surface area contributed by atoms with Gasteiger partial charge in [0, 0.05) is 6.20 Å². The van der Waals surface area contributed by atoms with E-state index in [1.54, 1.807) is 12.3 Å². The van der Waals surface area contributed by atoms with E-state index in [0.29, 0.717) is 19.8 Å². The first-order valence-corrected chi connectivity index (χ1v) is 5.33. The molecule has 5 heteroatoms. The van der Waals surface area contributed by atoms with Crippen molar-refractivity contribution in [2.24, 2.45) is 5.84 Å². The first kappa shape index (κ1) is 12.9. The summed E-state index contributed by atoms with van der Waals surface area (Å²) in [6.45, 7) is 5.64. The van der Waals surface area contributed by atoms with Gasteiger partial charge >= 0.3 is 0 Å². The minimum Gasteiger partial charge on any atom is -0.376 e. The third-order valence-electron chi connectivity index (χ3n) is 1.91. The molecule has 1 rings (SSSR count). The van der Waals surface area contributed by atoms with Gasteiger partial charge in [-0.2, -0.15) is 0 Å². The fourth-order valence-corrected chi connectivity index (χ4v) is 1.17. The number of nitrogens with one attached hydrogen (secondary N) is 1. The van der Waals surface area contributed by atoms with Crippen molar-refractivity contribution >= 4 is 5.69 Å². The fourth-order valence-electron chi connectivity index (χ4n) is 1.17. The Hall–Kier alpha value is -1.17. The average Bonchev–Trinajstić information content (AvgIpc) is 2.28. The number of hydrogen-bond donors (Lipinski definition) is 2. The van der Waals surface area contributed by atoms with Gasteiger partial charge in [-0.05, 0) is 26.0 Å². The Bertz CT molecular complexity index is 305. The van der Waals surface area contributed by atoms with Crippen LogP contribution in [0, 0.1) is 0 Å². The van der Waals surface area contributed by atoms with Gasteiger partial charge in [-0.1, -0.05) is 0 Å². The van der Waals surface area contributed by atoms with E-state index in [1.807, 2.05) is 19.9 Å². The van der Waals surface area contributed by atoms with Gasteiger partial charge in [-0.25, -0.2) is 0 Å². The second-order valence-corrected chi connectivity index (χ2v) is 3.65. The van der Waals surface area contributed by atoms with Crippen LogP contribution in [0.5, 0.6) is 0 Å². The van der Waals surface area contributed by atoms with Crippen molar-refractivity contribution < 1.29 is 9.47 Å². The summed E-state index contributed by atoms with van der Waals surface area (Å²) >= 11 is 0. The first-order chi connectivity index (χ1) is 7.72. The summed E-state index contributed by atoms with van der Waals surface area (Å²) < 4.78 is 10.8. The number of nitrogens with two attached hydrogens (primary N) is 1. The number of pyridine rings is 1. The highest BCUT2D eigenvalue weighted by atomic mass is 16.5. The molecule has 90 valence electrons. The van der Waals surface area contributed by atoms with Crippen molar-refractivity contribution in [3.8, 4) is 0 Å². The molecule has 0 atom stereocenters. The van der Waals surface area contributed by atoms with E-state index >= 15 is 0 Å². The number of anilines is 1. The lowest BCUT2D eigenvalue weighted by Crippen LogP contribution is -2.10. The van der Waals surface area contributed by atoms with E-state index in [2.05, 4.69) is 10.4 Å². The molecule has 0 aliphatic heterocycles. The van der Waals surface area contributed by atoms with E-state index in [4.69, 9.17) is 15.3 Å². The van der Waals surface area contributed by atoms with Crippen LogP contribution < -0.4 is 11.3 Å². The molecule has 0 unspecified atom stereocenters. The second kappa shape index (κ2) is 7.16. The van der Waals surface area contributed by atoms with E-state index in [0.717, 1.165) is 11.4 Å². The number of aromatic nitrogens is 1. The summed E-state index contributed by atoms with van der Waals surface area (Å²) in [6.07, 6.45) is 1.94. The van der Waals surface area contributed by atoms with Crippen molar-refractivity contribution in [1.82, 2.24) is 4.98 Å². The molecule has 5 nitrogen and oxygen atoms in total. The van der Waals surface area contributed by atoms with Crippen LogP contribution in [0.3, 0.4) is 0 Å². The lowest BCUT2D eigenvalue weighted by molar-refractivity contribution is 0.0135. The first-order valence-electron chi connectivity index (χ1n) is 5.33. The molecular weight excluding hydrogens is 206 g/mol. The maximum absolute atomic E-state index is 5.41. The fraction of sp³-hybridized carbons (Fsp3) is 0.545. The highest BCUT2D eigenvalue weighted by Gasteiger charge is 1.97. The lowest BCUT2D eigenvalue weighted by Gasteiger charge is -2.08. The predicted octanol–water partition coefficient (Wildman–Crippen LogP) is 1.31. The predicted molar refractivity (Wildman–Crippen MR) is 62.8 cm³/mol. The van der Waals surface area contributed by atoms with Crippen LogP contribution in [0.25, 0.3) is 0 Å². The SMILES string of the molecule is CC(C)OCCOCc1cc(NN)ccn1. The quantitative estimate of drug-likeness (QED) is 0.416. The Morgan fingerprint density at radius 3 is 2.94 bits per heavy atom. The van der Waals surface area contributed by atoms with Crippen LogP contribution >= 0.6 is 0 Å². The van der Waals surface area contributed by atoms with Crippen LogP contribution in [0.15, 0.2) is 18.3 Å². The van der Waals surface area contributed by atoms with Crippen LogP contribution in [0.1, 0.15) is 19.5 Å². The average molecular weight is 225 g/mol. The van der Waals surface area contributed by atoms with Gasteiger partial charge in [0.2, 0.25) is 0 Å². The largest absolute Gasteiger partial charge is 0.376 e. The molecule has 0 saturated heterocycles. The third kappa shape index (κ3) is 5.06. The molecule has 1 aromatic heterocycles. The van der Waals surface area contributed by atoms with Gasteiger partial charge in [-0.15, -0.1) is 0 Å². The van der Waals surface area contributed by atoms with Crippen molar-refractivity contribution in [2.45, 2.75) is 26.6 Å². The standard InChI is InChI=1S/C11H19N3O2/c1-9(2)16-6-5-15-8-11-7-10(14-12)3-4-13-11/h3-4,7,9H,5-6,8,12H2,1-2H3,(H,13,14). The number of hydrazine groups is 1. The Labute approximate surface area is 95.9 Å². The van der Waals surface area contributed by atoms with Crippen LogP contribution in [-0.4, -0.2) is 24.3 Å². The zero-order valence-corrected chi connectivity index (χ0v) is 9.77. The normalized spacial score (nSPS) is 10.8. The number of nitrogen functional groups attached to an aromatic ring is 1. The Morgan fingerprint density at radius 2 is 2.25 bits per heavy atom. The summed E-state index contributed by atoms with van der Waals surface area (Å²) in [6, 6.07) is 3.65. The number of rotatable bonds is 7. The van der Waals surface area contributed by atoms with Crippen molar-refractivity contribution in [3.05, 3.63) is 24.0 Å². The van der Waals surface area contributed by atoms with E-state index < -0.39 is 0 Å². The van der Waals surface area contributed by atoms with Gasteiger partial charge in [0.05, 0.1) is 37.3 Å². The minimum absolute atomic E-state index is 0.242. The summed E-state index contributed by atoms with van der Waals surface area (Å²) in [5.41, 5.74) is 4.24. The molecule has 0 aliphatic carbocycles. The summed E-state index contributed by atoms with van der Waals surface area (Å²) in [5.74, 6) is 5.29. The zero-order valence-electron chi connectivity index (χ0n) is 9.77. The molecule has 0 saturated carbocycles. The van der Waals surface area contributed by atoms with E-state index in [-0.39, 0.29) is 6.10 Å². The van der Waals surface area contributed by atoms with Crippen molar-refractivity contribution in [2.75, 3.05) is 18.6 Å². The van der Waals surface area contributed by atoms with Crippen molar-refractivity contribution in [3.63, 3.8) is 0 Å². The van der Waals surface area contributed by atoms with Crippen LogP contribution in [0.4, 0.5) is 5.69 Å². The number of ether oxygens (including phenoxy) is 2. The Kier molecular flexibility index (Phi) is 5.77. The maximum Gasteiger partial charge on any atom is 0.0889 e. The number of nitrogens with zero attached hydrogens (tertiary/aromatic N) is 1. The van der Waals surface area contributed by atoms with Crippen molar-refractivity contribution in [1.29, 1.82) is 0 Å². The molecule has 0 fully saturated rings. The van der Waals surface area contributed by atoms with Crippen LogP contribution in [0.2, 0.25) is 0 Å². The summed E-state index contributed by atoms with van der Waals surface area (Å²) in [4.78, 5) is 4.16. The number of hydrogen-bond acceptors (Lipinski definition) is 5. The molecule has 0 radical (unpaired) electrons. The highest BCUT2D eigenvalue weighted by molar-refractivity contribution is 5.41. The minimum atomic E-state index is 0.242. The highest BCUT2D eigenvalue weighted by Crippen LogP contribution is 2.06. The molecule has 1 heterocycles. The van der Waals surface area contributed by atoms with Gasteiger partial charge in [0.1, 0.15) is 0 Å². The topological polar surface area (TPSA) is 69.4 Å². The van der Waals surface area contributed by atoms with E-state index in [9.17, 15) is 0 Å². The van der Waals surface area contributed by atoms with Gasteiger partial charge in [0.25, 0.3) is 0 Å².